The summed E-state index contributed by atoms with van der Waals surface area (Å²) in [5.41, 5.74) is 5.36. The molecule has 1 rings (SSSR count). The fraction of sp³-hybridized carbons (Fsp3) is 0.444. The van der Waals surface area contributed by atoms with Crippen LogP contribution in [0.2, 0.25) is 0 Å². The zero-order valence-electron chi connectivity index (χ0n) is 8.69. The summed E-state index contributed by atoms with van der Waals surface area (Å²) in [5.74, 6) is -0.240. The average molecular weight is 211 g/mol. The van der Waals surface area contributed by atoms with Gasteiger partial charge < -0.3 is 15.0 Å². The van der Waals surface area contributed by atoms with E-state index < -0.39 is 11.9 Å². The van der Waals surface area contributed by atoms with Crippen molar-refractivity contribution in [2.75, 3.05) is 7.11 Å². The number of carbonyl (C=O) groups excluding carboxylic acids is 2. The van der Waals surface area contributed by atoms with Gasteiger partial charge in [0.1, 0.15) is 11.5 Å². The van der Waals surface area contributed by atoms with Crippen molar-refractivity contribution in [3.05, 3.63) is 17.7 Å². The lowest BCUT2D eigenvalue weighted by atomic mass is 10.3. The first-order valence-electron chi connectivity index (χ1n) is 4.45. The Balaban J connectivity index is 2.89. The molecular weight excluding hydrogens is 198 g/mol. The number of nitrogens with zero attached hydrogens (tertiary/aromatic N) is 2. The third kappa shape index (κ3) is 2.55. The van der Waals surface area contributed by atoms with Gasteiger partial charge in [0, 0.05) is 13.0 Å². The number of hydrogen-bond acceptors (Lipinski definition) is 4. The first-order valence-corrected chi connectivity index (χ1v) is 4.45. The van der Waals surface area contributed by atoms with Gasteiger partial charge in [-0.15, -0.1) is 0 Å². The Kier molecular flexibility index (Phi) is 3.43. The molecular formula is C9H13N3O3. The second kappa shape index (κ2) is 4.59. The number of methoxy groups -OCH3 is 1. The third-order valence-corrected chi connectivity index (χ3v) is 2.03. The van der Waals surface area contributed by atoms with E-state index in [2.05, 4.69) is 9.72 Å². The van der Waals surface area contributed by atoms with E-state index in [9.17, 15) is 9.59 Å². The molecule has 0 atom stereocenters. The van der Waals surface area contributed by atoms with Crippen molar-refractivity contribution >= 4 is 11.9 Å². The zero-order chi connectivity index (χ0) is 11.4. The second-order valence-corrected chi connectivity index (χ2v) is 3.05. The highest BCUT2D eigenvalue weighted by atomic mass is 16.5. The topological polar surface area (TPSA) is 87.2 Å². The summed E-state index contributed by atoms with van der Waals surface area (Å²) in [7, 11) is 1.29. The number of primary amides is 1. The third-order valence-electron chi connectivity index (χ3n) is 2.03. The van der Waals surface area contributed by atoms with Crippen LogP contribution < -0.4 is 5.73 Å². The van der Waals surface area contributed by atoms with Gasteiger partial charge >= 0.3 is 5.97 Å². The van der Waals surface area contributed by atoms with E-state index >= 15 is 0 Å². The van der Waals surface area contributed by atoms with Crippen molar-refractivity contribution in [1.82, 2.24) is 9.55 Å². The Bertz CT molecular complexity index is 384. The van der Waals surface area contributed by atoms with E-state index in [1.54, 1.807) is 11.5 Å². The number of aromatic nitrogens is 2. The van der Waals surface area contributed by atoms with Gasteiger partial charge in [-0.3, -0.25) is 4.79 Å². The number of amides is 1. The smallest absolute Gasteiger partial charge is 0.356 e. The maximum Gasteiger partial charge on any atom is 0.356 e. The van der Waals surface area contributed by atoms with Crippen LogP contribution in [0.3, 0.4) is 0 Å². The molecule has 1 amide bonds. The van der Waals surface area contributed by atoms with Crippen molar-refractivity contribution in [2.24, 2.45) is 5.73 Å². The van der Waals surface area contributed by atoms with E-state index in [4.69, 9.17) is 5.73 Å². The minimum atomic E-state index is -0.472. The van der Waals surface area contributed by atoms with E-state index in [1.165, 1.54) is 13.3 Å². The number of rotatable bonds is 4. The summed E-state index contributed by atoms with van der Waals surface area (Å²) in [4.78, 5) is 25.9. The largest absolute Gasteiger partial charge is 0.464 e. The van der Waals surface area contributed by atoms with Crippen molar-refractivity contribution in [3.8, 4) is 0 Å². The quantitative estimate of drug-likeness (QED) is 0.702. The van der Waals surface area contributed by atoms with E-state index in [1.807, 2.05) is 0 Å². The molecule has 82 valence electrons. The van der Waals surface area contributed by atoms with Crippen molar-refractivity contribution in [1.29, 1.82) is 0 Å². The number of esters is 1. The lowest BCUT2D eigenvalue weighted by molar-refractivity contribution is -0.118. The molecule has 0 fully saturated rings. The fourth-order valence-electron chi connectivity index (χ4n) is 1.24. The van der Waals surface area contributed by atoms with Crippen LogP contribution in [-0.2, 0) is 16.1 Å². The molecule has 0 radical (unpaired) electrons. The zero-order valence-corrected chi connectivity index (χ0v) is 8.69. The van der Waals surface area contributed by atoms with E-state index in [0.29, 0.717) is 18.1 Å². The van der Waals surface area contributed by atoms with Crippen LogP contribution in [0.15, 0.2) is 6.20 Å². The first-order chi connectivity index (χ1) is 7.06. The standard InChI is InChI=1S/C9H13N3O3/c1-6-11-5-7(9(14)15-2)12(6)4-3-8(10)13/h5H,3-4H2,1-2H3,(H2,10,13). The van der Waals surface area contributed by atoms with Crippen LogP contribution in [0.1, 0.15) is 22.7 Å². The van der Waals surface area contributed by atoms with Crippen LogP contribution in [0.25, 0.3) is 0 Å². The molecule has 6 nitrogen and oxygen atoms in total. The predicted molar refractivity (Wildman–Crippen MR) is 52.1 cm³/mol. The highest BCUT2D eigenvalue weighted by Crippen LogP contribution is 2.07. The highest BCUT2D eigenvalue weighted by molar-refractivity contribution is 5.87. The van der Waals surface area contributed by atoms with Gasteiger partial charge in [0.15, 0.2) is 0 Å². The lowest BCUT2D eigenvalue weighted by Crippen LogP contribution is -2.17. The van der Waals surface area contributed by atoms with Gasteiger partial charge in [-0.2, -0.15) is 0 Å². The average Bonchev–Trinajstić information content (AvgIpc) is 2.55. The maximum atomic E-state index is 11.3. The van der Waals surface area contributed by atoms with Crippen molar-refractivity contribution in [2.45, 2.75) is 19.9 Å². The van der Waals surface area contributed by atoms with Gasteiger partial charge in [-0.05, 0) is 6.92 Å². The molecule has 0 saturated carbocycles. The Hall–Kier alpha value is -1.85. The first kappa shape index (κ1) is 11.2. The Morgan fingerprint density at radius 1 is 1.60 bits per heavy atom. The fourth-order valence-corrected chi connectivity index (χ4v) is 1.24. The Labute approximate surface area is 87.0 Å². The molecule has 1 aromatic heterocycles. The molecule has 6 heteroatoms. The van der Waals surface area contributed by atoms with Crippen molar-refractivity contribution in [3.63, 3.8) is 0 Å². The summed E-state index contributed by atoms with van der Waals surface area (Å²) < 4.78 is 6.19. The molecule has 1 aromatic rings. The van der Waals surface area contributed by atoms with Crippen LogP contribution in [-0.4, -0.2) is 28.5 Å². The SMILES string of the molecule is COC(=O)c1cnc(C)n1CCC(N)=O. The van der Waals surface area contributed by atoms with Crippen molar-refractivity contribution < 1.29 is 14.3 Å². The summed E-state index contributed by atoms with van der Waals surface area (Å²) >= 11 is 0. The van der Waals surface area contributed by atoms with Gasteiger partial charge in [-0.1, -0.05) is 0 Å². The molecule has 0 saturated heterocycles. The number of ether oxygens (including phenoxy) is 1. The Morgan fingerprint density at radius 3 is 2.80 bits per heavy atom. The maximum absolute atomic E-state index is 11.3. The summed E-state index contributed by atoms with van der Waals surface area (Å²) in [6.45, 7) is 2.08. The van der Waals surface area contributed by atoms with Crippen LogP contribution >= 0.6 is 0 Å². The summed E-state index contributed by atoms with van der Waals surface area (Å²) in [5, 5.41) is 0. The molecule has 2 N–H and O–H groups in total. The molecule has 15 heavy (non-hydrogen) atoms. The highest BCUT2D eigenvalue weighted by Gasteiger charge is 2.14. The summed E-state index contributed by atoms with van der Waals surface area (Å²) in [6, 6.07) is 0. The minimum absolute atomic E-state index is 0.168. The number of nitrogens with two attached hydrogens (primary N) is 1. The Morgan fingerprint density at radius 2 is 2.27 bits per heavy atom. The van der Waals surface area contributed by atoms with Crippen LogP contribution in [0.4, 0.5) is 0 Å². The van der Waals surface area contributed by atoms with E-state index in [0.717, 1.165) is 0 Å². The number of hydrogen-bond donors (Lipinski definition) is 1. The second-order valence-electron chi connectivity index (χ2n) is 3.05. The number of imidazole rings is 1. The van der Waals surface area contributed by atoms with Gasteiger partial charge in [0.2, 0.25) is 5.91 Å². The normalized spacial score (nSPS) is 10.0. The predicted octanol–water partition coefficient (Wildman–Crippen LogP) is -0.146. The molecule has 0 unspecified atom stereocenters. The molecule has 1 heterocycles. The number of aryl methyl sites for hydroxylation is 1. The molecule has 0 aromatic carbocycles. The molecule has 0 bridgehead atoms. The minimum Gasteiger partial charge on any atom is -0.464 e. The van der Waals surface area contributed by atoms with Crippen LogP contribution in [0.5, 0.6) is 0 Å². The lowest BCUT2D eigenvalue weighted by Gasteiger charge is -2.06. The molecule has 0 aliphatic heterocycles. The molecule has 0 spiro atoms. The molecule has 0 aliphatic rings. The monoisotopic (exact) mass is 211 g/mol. The number of carbonyl (C=O) groups is 2. The molecule has 0 aliphatic carbocycles. The van der Waals surface area contributed by atoms with E-state index in [-0.39, 0.29) is 6.42 Å². The summed E-state index contributed by atoms with van der Waals surface area (Å²) in [6.07, 6.45) is 1.59. The van der Waals surface area contributed by atoms with Gasteiger partial charge in [-0.25, -0.2) is 9.78 Å². The van der Waals surface area contributed by atoms with Gasteiger partial charge in [0.25, 0.3) is 0 Å². The van der Waals surface area contributed by atoms with Crippen LogP contribution in [0, 0.1) is 6.92 Å². The van der Waals surface area contributed by atoms with Gasteiger partial charge in [0.05, 0.1) is 13.3 Å².